The van der Waals surface area contributed by atoms with E-state index in [9.17, 15) is 4.79 Å². The maximum atomic E-state index is 12.2. The quantitative estimate of drug-likeness (QED) is 0.831. The number of anilines is 1. The Balaban J connectivity index is 1.54. The lowest BCUT2D eigenvalue weighted by Gasteiger charge is -2.39. The molecule has 2 aliphatic heterocycles. The first kappa shape index (κ1) is 17.9. The molecule has 0 radical (unpaired) electrons. The van der Waals surface area contributed by atoms with Crippen LogP contribution in [0.5, 0.6) is 0 Å². The van der Waals surface area contributed by atoms with Crippen molar-refractivity contribution in [2.24, 2.45) is 5.92 Å². The third-order valence-corrected chi connectivity index (χ3v) is 5.17. The topological polar surface area (TPSA) is 57.7 Å². The molecule has 1 amide bonds. The molecule has 1 N–H and O–H groups in total. The van der Waals surface area contributed by atoms with Crippen LogP contribution in [0.1, 0.15) is 33.1 Å². The molecular weight excluding hydrogens is 336 g/mol. The highest BCUT2D eigenvalue weighted by molar-refractivity contribution is 7.80. The number of nitrogens with one attached hydrogen (secondary N) is 1. The Kier molecular flexibility index (Phi) is 5.73. The van der Waals surface area contributed by atoms with Crippen LogP contribution in [0.4, 0.5) is 10.5 Å². The van der Waals surface area contributed by atoms with E-state index in [0.717, 1.165) is 38.0 Å². The third kappa shape index (κ3) is 4.39. The molecule has 7 heteroatoms. The smallest absolute Gasteiger partial charge is 0.410 e. The summed E-state index contributed by atoms with van der Waals surface area (Å²) in [4.78, 5) is 20.4. The van der Waals surface area contributed by atoms with Crippen LogP contribution in [0.3, 0.4) is 0 Å². The number of ether oxygens (including phenoxy) is 1. The monoisotopic (exact) mass is 362 g/mol. The number of amides is 1. The van der Waals surface area contributed by atoms with Gasteiger partial charge in [-0.1, -0.05) is 13.8 Å². The molecule has 1 aromatic rings. The normalized spacial score (nSPS) is 21.6. The first-order chi connectivity index (χ1) is 12.0. The summed E-state index contributed by atoms with van der Waals surface area (Å²) in [5.41, 5.74) is 0.898. The minimum absolute atomic E-state index is 0.153. The van der Waals surface area contributed by atoms with Crippen molar-refractivity contribution in [3.05, 3.63) is 24.5 Å². The molecule has 3 rings (SSSR count). The first-order valence-electron chi connectivity index (χ1n) is 8.95. The number of piperidine rings is 1. The number of carbonyl (C=O) groups excluding carboxylic acids is 1. The summed E-state index contributed by atoms with van der Waals surface area (Å²) in [6, 6.07) is 4.29. The van der Waals surface area contributed by atoms with Crippen LogP contribution in [0.15, 0.2) is 24.5 Å². The Morgan fingerprint density at radius 2 is 2.20 bits per heavy atom. The van der Waals surface area contributed by atoms with E-state index in [1.54, 1.807) is 12.4 Å². The fraction of sp³-hybridized carbons (Fsp3) is 0.611. The average molecular weight is 362 g/mol. The summed E-state index contributed by atoms with van der Waals surface area (Å²) in [7, 11) is 0. The molecule has 2 saturated heterocycles. The predicted molar refractivity (Wildman–Crippen MR) is 101 cm³/mol. The molecule has 1 aromatic heterocycles. The molecule has 0 aliphatic carbocycles. The summed E-state index contributed by atoms with van der Waals surface area (Å²) < 4.78 is 5.31. The fourth-order valence-electron chi connectivity index (χ4n) is 3.63. The van der Waals surface area contributed by atoms with Gasteiger partial charge in [0.05, 0.1) is 17.9 Å². The van der Waals surface area contributed by atoms with Gasteiger partial charge in [-0.3, -0.25) is 9.88 Å². The van der Waals surface area contributed by atoms with E-state index in [0.29, 0.717) is 17.6 Å². The molecule has 1 unspecified atom stereocenters. The van der Waals surface area contributed by atoms with Gasteiger partial charge in [-0.25, -0.2) is 4.79 Å². The van der Waals surface area contributed by atoms with E-state index >= 15 is 0 Å². The number of rotatable bonds is 4. The second-order valence-electron chi connectivity index (χ2n) is 7.16. The van der Waals surface area contributed by atoms with E-state index in [2.05, 4.69) is 29.0 Å². The second kappa shape index (κ2) is 7.99. The van der Waals surface area contributed by atoms with E-state index in [1.807, 2.05) is 17.0 Å². The number of hydrogen-bond donors (Lipinski definition) is 1. The minimum Gasteiger partial charge on any atom is -0.447 e. The van der Waals surface area contributed by atoms with Crippen LogP contribution in [0.2, 0.25) is 0 Å². The molecule has 2 fully saturated rings. The van der Waals surface area contributed by atoms with Gasteiger partial charge in [0, 0.05) is 25.3 Å². The van der Waals surface area contributed by atoms with Gasteiger partial charge in [-0.15, -0.1) is 0 Å². The predicted octanol–water partition coefficient (Wildman–Crippen LogP) is 3.11. The second-order valence-corrected chi connectivity index (χ2v) is 7.54. The lowest BCUT2D eigenvalue weighted by atomic mass is 9.98. The van der Waals surface area contributed by atoms with E-state index in [-0.39, 0.29) is 18.2 Å². The number of thiocarbonyl (C=S) groups is 1. The van der Waals surface area contributed by atoms with Crippen LogP contribution in [0, 0.1) is 5.92 Å². The zero-order chi connectivity index (χ0) is 17.8. The first-order valence-corrected chi connectivity index (χ1v) is 9.36. The van der Waals surface area contributed by atoms with Crippen molar-refractivity contribution in [2.45, 2.75) is 45.2 Å². The zero-order valence-corrected chi connectivity index (χ0v) is 15.7. The number of aromatic nitrogens is 1. The molecular formula is C18H26N4O2S. The summed E-state index contributed by atoms with van der Waals surface area (Å²) in [6.45, 7) is 6.58. The highest BCUT2D eigenvalue weighted by Gasteiger charge is 2.39. The van der Waals surface area contributed by atoms with Crippen LogP contribution in [-0.4, -0.2) is 57.8 Å². The van der Waals surface area contributed by atoms with Crippen molar-refractivity contribution in [2.75, 3.05) is 25.0 Å². The Morgan fingerprint density at radius 3 is 2.84 bits per heavy atom. The Hall–Kier alpha value is -1.89. The van der Waals surface area contributed by atoms with E-state index < -0.39 is 0 Å². The Bertz CT molecular complexity index is 602. The zero-order valence-electron chi connectivity index (χ0n) is 14.9. The molecule has 0 aromatic carbocycles. The van der Waals surface area contributed by atoms with Gasteiger partial charge in [-0.05, 0) is 49.5 Å². The van der Waals surface area contributed by atoms with Crippen molar-refractivity contribution in [1.29, 1.82) is 0 Å². The van der Waals surface area contributed by atoms with Gasteiger partial charge in [0.1, 0.15) is 6.61 Å². The lowest BCUT2D eigenvalue weighted by molar-refractivity contribution is 0.120. The fourth-order valence-corrected chi connectivity index (χ4v) is 3.93. The summed E-state index contributed by atoms with van der Waals surface area (Å²) in [5.74, 6) is 0.554. The SMILES string of the molecule is CC(C)CC1COC(=O)N1C1CCN(C(=S)Nc2cccnc2)CC1. The van der Waals surface area contributed by atoms with Crippen molar-refractivity contribution in [3.8, 4) is 0 Å². The van der Waals surface area contributed by atoms with E-state index in [4.69, 9.17) is 17.0 Å². The standard InChI is InChI=1S/C18H26N4O2S/c1-13(2)10-16-12-24-18(23)22(16)15-5-8-21(9-6-15)17(25)20-14-4-3-7-19-11-14/h3-4,7,11,13,15-16H,5-6,8-10,12H2,1-2H3,(H,20,25). The highest BCUT2D eigenvalue weighted by Crippen LogP contribution is 2.27. The number of hydrogen-bond acceptors (Lipinski definition) is 4. The summed E-state index contributed by atoms with van der Waals surface area (Å²) in [5, 5.41) is 3.95. The van der Waals surface area contributed by atoms with Crippen molar-refractivity contribution in [3.63, 3.8) is 0 Å². The highest BCUT2D eigenvalue weighted by atomic mass is 32.1. The van der Waals surface area contributed by atoms with Gasteiger partial charge < -0.3 is 15.0 Å². The van der Waals surface area contributed by atoms with Crippen LogP contribution in [0.25, 0.3) is 0 Å². The van der Waals surface area contributed by atoms with Crippen molar-refractivity contribution < 1.29 is 9.53 Å². The molecule has 6 nitrogen and oxygen atoms in total. The molecule has 25 heavy (non-hydrogen) atoms. The van der Waals surface area contributed by atoms with Crippen molar-refractivity contribution in [1.82, 2.24) is 14.8 Å². The number of likely N-dealkylation sites (tertiary alicyclic amines) is 1. The van der Waals surface area contributed by atoms with Crippen molar-refractivity contribution >= 4 is 29.1 Å². The van der Waals surface area contributed by atoms with Gasteiger partial charge in [0.2, 0.25) is 0 Å². The van der Waals surface area contributed by atoms with Gasteiger partial charge >= 0.3 is 6.09 Å². The van der Waals surface area contributed by atoms with Crippen LogP contribution in [-0.2, 0) is 4.74 Å². The molecule has 136 valence electrons. The average Bonchev–Trinajstić information content (AvgIpc) is 2.95. The summed E-state index contributed by atoms with van der Waals surface area (Å²) in [6.07, 6.45) is 6.17. The van der Waals surface area contributed by atoms with Gasteiger partial charge in [0.25, 0.3) is 0 Å². The molecule has 0 saturated carbocycles. The third-order valence-electron chi connectivity index (χ3n) is 4.80. The number of carbonyl (C=O) groups is 1. The molecule has 1 atom stereocenters. The maximum absolute atomic E-state index is 12.2. The van der Waals surface area contributed by atoms with Crippen LogP contribution < -0.4 is 5.32 Å². The Morgan fingerprint density at radius 1 is 1.44 bits per heavy atom. The van der Waals surface area contributed by atoms with E-state index in [1.165, 1.54) is 0 Å². The number of pyridine rings is 1. The summed E-state index contributed by atoms with van der Waals surface area (Å²) >= 11 is 5.51. The van der Waals surface area contributed by atoms with Gasteiger partial charge in [0.15, 0.2) is 5.11 Å². The minimum atomic E-state index is -0.153. The largest absolute Gasteiger partial charge is 0.447 e. The molecule has 3 heterocycles. The molecule has 2 aliphatic rings. The molecule has 0 bridgehead atoms. The Labute approximate surface area is 154 Å². The molecule has 0 spiro atoms. The number of nitrogens with zero attached hydrogens (tertiary/aromatic N) is 3. The van der Waals surface area contributed by atoms with Crippen LogP contribution >= 0.6 is 12.2 Å². The van der Waals surface area contributed by atoms with Gasteiger partial charge in [-0.2, -0.15) is 0 Å². The number of cyclic esters (lactones) is 1. The lowest BCUT2D eigenvalue weighted by Crippen LogP contribution is -2.50. The maximum Gasteiger partial charge on any atom is 0.410 e.